The van der Waals surface area contributed by atoms with E-state index in [4.69, 9.17) is 21.1 Å². The van der Waals surface area contributed by atoms with Crippen LogP contribution in [-0.4, -0.2) is 36.0 Å². The number of carbonyl (C=O) groups is 1. The van der Waals surface area contributed by atoms with Crippen LogP contribution >= 0.6 is 11.6 Å². The zero-order valence-corrected chi connectivity index (χ0v) is 17.5. The first-order valence-electron chi connectivity index (χ1n) is 9.54. The van der Waals surface area contributed by atoms with Crippen LogP contribution in [0.1, 0.15) is 11.3 Å². The molecule has 0 unspecified atom stereocenters. The Morgan fingerprint density at radius 1 is 1.00 bits per heavy atom. The Bertz CT molecular complexity index is 958. The molecule has 154 valence electrons. The van der Waals surface area contributed by atoms with Crippen LogP contribution in [-0.2, 0) is 11.4 Å². The van der Waals surface area contributed by atoms with E-state index in [1.165, 1.54) is 0 Å². The molecule has 0 radical (unpaired) electrons. The molecule has 0 spiro atoms. The van der Waals surface area contributed by atoms with Gasteiger partial charge in [0.15, 0.2) is 0 Å². The van der Waals surface area contributed by atoms with E-state index in [0.29, 0.717) is 24.8 Å². The van der Waals surface area contributed by atoms with Gasteiger partial charge in [0.1, 0.15) is 24.7 Å². The number of hydrogen-bond donors (Lipinski definition) is 0. The van der Waals surface area contributed by atoms with E-state index in [0.717, 1.165) is 22.8 Å². The Balaban J connectivity index is 1.42. The lowest BCUT2D eigenvalue weighted by atomic mass is 10.2. The van der Waals surface area contributed by atoms with Crippen molar-refractivity contribution in [1.29, 1.82) is 0 Å². The zero-order chi connectivity index (χ0) is 21.2. The number of nitrogens with zero attached hydrogens (tertiary/aromatic N) is 2. The molecule has 0 saturated heterocycles. The summed E-state index contributed by atoms with van der Waals surface area (Å²) in [6.07, 6.45) is 5.07. The first-order chi connectivity index (χ1) is 14.6. The minimum Gasteiger partial charge on any atom is -0.492 e. The van der Waals surface area contributed by atoms with Gasteiger partial charge >= 0.3 is 0 Å². The second-order valence-electron chi connectivity index (χ2n) is 6.57. The second-order valence-corrected chi connectivity index (χ2v) is 7.01. The molecule has 5 nitrogen and oxygen atoms in total. The minimum absolute atomic E-state index is 0.0924. The SMILES string of the molecule is CN(CCOc1ccc(Cl)cc1)C(=O)/C=C/c1ccc(OCc2ccccn2)cc1. The van der Waals surface area contributed by atoms with Gasteiger partial charge in [0, 0.05) is 24.3 Å². The Morgan fingerprint density at radius 2 is 1.70 bits per heavy atom. The molecule has 0 bridgehead atoms. The van der Waals surface area contributed by atoms with Gasteiger partial charge in [-0.25, -0.2) is 0 Å². The van der Waals surface area contributed by atoms with Crippen LogP contribution in [0, 0.1) is 0 Å². The summed E-state index contributed by atoms with van der Waals surface area (Å²) < 4.78 is 11.3. The van der Waals surface area contributed by atoms with Crippen molar-refractivity contribution in [2.45, 2.75) is 6.61 Å². The summed E-state index contributed by atoms with van der Waals surface area (Å²) in [7, 11) is 1.74. The first kappa shape index (κ1) is 21.4. The molecule has 1 heterocycles. The summed E-state index contributed by atoms with van der Waals surface area (Å²) in [5, 5.41) is 0.660. The lowest BCUT2D eigenvalue weighted by molar-refractivity contribution is -0.125. The molecular weight excluding hydrogens is 400 g/mol. The number of halogens is 1. The van der Waals surface area contributed by atoms with Crippen molar-refractivity contribution in [2.75, 3.05) is 20.2 Å². The Labute approximate surface area is 181 Å². The van der Waals surface area contributed by atoms with E-state index >= 15 is 0 Å². The molecule has 0 fully saturated rings. The van der Waals surface area contributed by atoms with Crippen molar-refractivity contribution >= 4 is 23.6 Å². The number of benzene rings is 2. The summed E-state index contributed by atoms with van der Waals surface area (Å²) in [6.45, 7) is 1.30. The highest BCUT2D eigenvalue weighted by Crippen LogP contribution is 2.16. The highest BCUT2D eigenvalue weighted by atomic mass is 35.5. The average molecular weight is 423 g/mol. The van der Waals surface area contributed by atoms with Crippen molar-refractivity contribution < 1.29 is 14.3 Å². The number of rotatable bonds is 9. The summed E-state index contributed by atoms with van der Waals surface area (Å²) in [5.41, 5.74) is 1.79. The number of carbonyl (C=O) groups excluding carboxylic acids is 1. The monoisotopic (exact) mass is 422 g/mol. The molecule has 0 aliphatic carbocycles. The van der Waals surface area contributed by atoms with Crippen LogP contribution in [0.3, 0.4) is 0 Å². The van der Waals surface area contributed by atoms with E-state index in [1.54, 1.807) is 54.6 Å². The number of aromatic nitrogens is 1. The van der Waals surface area contributed by atoms with Crippen molar-refractivity contribution in [3.05, 3.63) is 95.3 Å². The molecule has 2 aromatic carbocycles. The fourth-order valence-corrected chi connectivity index (χ4v) is 2.68. The summed E-state index contributed by atoms with van der Waals surface area (Å²) in [4.78, 5) is 18.1. The van der Waals surface area contributed by atoms with Gasteiger partial charge in [0.2, 0.25) is 5.91 Å². The van der Waals surface area contributed by atoms with Crippen molar-refractivity contribution in [3.8, 4) is 11.5 Å². The molecule has 30 heavy (non-hydrogen) atoms. The lowest BCUT2D eigenvalue weighted by Crippen LogP contribution is -2.29. The largest absolute Gasteiger partial charge is 0.492 e. The molecule has 0 aliphatic rings. The van der Waals surface area contributed by atoms with Crippen LogP contribution in [0.25, 0.3) is 6.08 Å². The fraction of sp³-hybridized carbons (Fsp3) is 0.167. The van der Waals surface area contributed by atoms with Crippen LogP contribution in [0.15, 0.2) is 79.0 Å². The van der Waals surface area contributed by atoms with E-state index < -0.39 is 0 Å². The number of hydrogen-bond acceptors (Lipinski definition) is 4. The Hall–Kier alpha value is -3.31. The Morgan fingerprint density at radius 3 is 2.40 bits per heavy atom. The molecule has 6 heteroatoms. The van der Waals surface area contributed by atoms with Crippen LogP contribution in [0.4, 0.5) is 0 Å². The van der Waals surface area contributed by atoms with E-state index in [9.17, 15) is 4.79 Å². The lowest BCUT2D eigenvalue weighted by Gasteiger charge is -2.15. The van der Waals surface area contributed by atoms with Crippen molar-refractivity contribution in [2.24, 2.45) is 0 Å². The number of amides is 1. The van der Waals surface area contributed by atoms with Gasteiger partial charge in [-0.2, -0.15) is 0 Å². The summed E-state index contributed by atoms with van der Waals surface area (Å²) >= 11 is 5.85. The van der Waals surface area contributed by atoms with Crippen LogP contribution in [0.5, 0.6) is 11.5 Å². The predicted molar refractivity (Wildman–Crippen MR) is 119 cm³/mol. The van der Waals surface area contributed by atoms with Gasteiger partial charge in [0.05, 0.1) is 12.2 Å². The van der Waals surface area contributed by atoms with E-state index in [2.05, 4.69) is 4.98 Å². The zero-order valence-electron chi connectivity index (χ0n) is 16.7. The van der Waals surface area contributed by atoms with E-state index in [-0.39, 0.29) is 5.91 Å². The molecule has 0 aliphatic heterocycles. The Kier molecular flexibility index (Phi) is 7.86. The maximum atomic E-state index is 12.3. The molecule has 3 aromatic rings. The molecular formula is C24H23ClN2O3. The van der Waals surface area contributed by atoms with Gasteiger partial charge in [0.25, 0.3) is 0 Å². The fourth-order valence-electron chi connectivity index (χ4n) is 2.55. The molecule has 0 saturated carbocycles. The topological polar surface area (TPSA) is 51.7 Å². The molecule has 0 atom stereocenters. The highest BCUT2D eigenvalue weighted by Gasteiger charge is 2.05. The summed E-state index contributed by atoms with van der Waals surface area (Å²) in [6, 6.07) is 20.4. The molecule has 0 N–H and O–H groups in total. The van der Waals surface area contributed by atoms with Crippen LogP contribution < -0.4 is 9.47 Å². The molecule has 3 rings (SSSR count). The minimum atomic E-state index is -0.0924. The van der Waals surface area contributed by atoms with Gasteiger partial charge in [-0.15, -0.1) is 0 Å². The smallest absolute Gasteiger partial charge is 0.246 e. The van der Waals surface area contributed by atoms with Gasteiger partial charge in [-0.1, -0.05) is 29.8 Å². The second kappa shape index (κ2) is 11.0. The molecule has 1 aromatic heterocycles. The highest BCUT2D eigenvalue weighted by molar-refractivity contribution is 6.30. The third-order valence-corrected chi connectivity index (χ3v) is 4.55. The predicted octanol–water partition coefficient (Wildman–Crippen LogP) is 4.86. The average Bonchev–Trinajstić information content (AvgIpc) is 2.78. The van der Waals surface area contributed by atoms with Crippen molar-refractivity contribution in [3.63, 3.8) is 0 Å². The summed E-state index contributed by atoms with van der Waals surface area (Å²) in [5.74, 6) is 1.38. The van der Waals surface area contributed by atoms with Gasteiger partial charge in [-0.3, -0.25) is 9.78 Å². The van der Waals surface area contributed by atoms with E-state index in [1.807, 2.05) is 42.5 Å². The number of ether oxygens (including phenoxy) is 2. The maximum absolute atomic E-state index is 12.3. The maximum Gasteiger partial charge on any atom is 0.246 e. The van der Waals surface area contributed by atoms with Gasteiger partial charge in [-0.05, 0) is 60.2 Å². The third-order valence-electron chi connectivity index (χ3n) is 4.30. The number of pyridine rings is 1. The van der Waals surface area contributed by atoms with Crippen LogP contribution in [0.2, 0.25) is 5.02 Å². The first-order valence-corrected chi connectivity index (χ1v) is 9.92. The number of likely N-dealkylation sites (N-methyl/N-ethyl adjacent to an activating group) is 1. The van der Waals surface area contributed by atoms with Gasteiger partial charge < -0.3 is 14.4 Å². The normalized spacial score (nSPS) is 10.7. The third kappa shape index (κ3) is 6.94. The standard InChI is InChI=1S/C24H23ClN2O3/c1-27(16-17-29-22-12-8-20(25)9-13-22)24(28)14-7-19-5-10-23(11-6-19)30-18-21-4-2-3-15-26-21/h2-15H,16-18H2,1H3/b14-7+. The molecule has 1 amide bonds. The van der Waals surface area contributed by atoms with Crippen molar-refractivity contribution in [1.82, 2.24) is 9.88 Å². The quantitative estimate of drug-likeness (QED) is 0.462.